The Bertz CT molecular complexity index is 2940. The molecule has 0 atom stereocenters. The summed E-state index contributed by atoms with van der Waals surface area (Å²) < 4.78 is 16.8. The molecule has 0 saturated carbocycles. The van der Waals surface area contributed by atoms with Crippen LogP contribution in [-0.2, 0) is 11.3 Å². The van der Waals surface area contributed by atoms with Crippen LogP contribution in [0.4, 0.5) is 4.39 Å². The maximum absolute atomic E-state index is 12.9. The van der Waals surface area contributed by atoms with Crippen LogP contribution in [0.5, 0.6) is 0 Å². The van der Waals surface area contributed by atoms with E-state index in [0.29, 0.717) is 77.2 Å². The van der Waals surface area contributed by atoms with Gasteiger partial charge in [-0.2, -0.15) is 0 Å². The van der Waals surface area contributed by atoms with Gasteiger partial charge in [-0.3, -0.25) is 4.79 Å². The van der Waals surface area contributed by atoms with E-state index in [0.717, 1.165) is 5.56 Å². The third kappa shape index (κ3) is 12.9. The van der Waals surface area contributed by atoms with Crippen LogP contribution in [-0.4, -0.2) is 55.4 Å². The lowest BCUT2D eigenvalue weighted by atomic mass is 10.0. The summed E-state index contributed by atoms with van der Waals surface area (Å²) in [7, 11) is 0. The lowest BCUT2D eigenvalue weighted by molar-refractivity contribution is 0.0438. The zero-order chi connectivity index (χ0) is 48.2. The van der Waals surface area contributed by atoms with Gasteiger partial charge in [0.25, 0.3) is 5.91 Å². The van der Waals surface area contributed by atoms with Gasteiger partial charge in [0, 0.05) is 55.4 Å². The van der Waals surface area contributed by atoms with Crippen LogP contribution in [0.1, 0.15) is 54.9 Å². The number of halogens is 5. The van der Waals surface area contributed by atoms with Gasteiger partial charge in [0.1, 0.15) is 5.82 Å². The Hall–Kier alpha value is -7.39. The SMILES string of the molecule is C.C=C/C=C(\C=C)CNC(=O)c1nc(-c2ccc(Cl)cc2)c(-c2ccc(Cl)cc2)nc1C(=O)O.NCc1ccc(F)cc1.O=C1OC(=O)c2nc(-c3ccc(Cl)cc3)c(-c3ccc(Cl)cc3)nc21. The number of carbonyl (C=O) groups excluding carboxylic acids is 3. The third-order valence-electron chi connectivity index (χ3n) is 9.45. The normalized spacial score (nSPS) is 11.4. The summed E-state index contributed by atoms with van der Waals surface area (Å²) in [6.45, 7) is 7.88. The van der Waals surface area contributed by atoms with Gasteiger partial charge >= 0.3 is 17.9 Å². The number of nitrogens with one attached hydrogen (secondary N) is 1. The first kappa shape index (κ1) is 51.6. The van der Waals surface area contributed by atoms with Crippen LogP contribution >= 0.6 is 46.4 Å². The van der Waals surface area contributed by atoms with Crippen molar-refractivity contribution in [2.45, 2.75) is 14.0 Å². The number of carboxylic acids is 1. The van der Waals surface area contributed by atoms with Gasteiger partial charge in [-0.25, -0.2) is 38.7 Å². The predicted octanol–water partition coefficient (Wildman–Crippen LogP) is 12.2. The molecule has 0 saturated heterocycles. The number of allylic oxidation sites excluding steroid dienone is 2. The van der Waals surface area contributed by atoms with Crippen molar-refractivity contribution < 1.29 is 33.4 Å². The van der Waals surface area contributed by atoms with Crippen molar-refractivity contribution in [3.8, 4) is 45.0 Å². The van der Waals surface area contributed by atoms with Crippen molar-refractivity contribution in [2.75, 3.05) is 6.54 Å². The second kappa shape index (κ2) is 23.9. The molecule has 1 aliphatic rings. The Morgan fingerprint density at radius 2 is 0.971 bits per heavy atom. The molecule has 0 unspecified atom stereocenters. The Balaban J connectivity index is 0.000000216. The summed E-state index contributed by atoms with van der Waals surface area (Å²) in [5, 5.41) is 14.6. The van der Waals surface area contributed by atoms with E-state index >= 15 is 0 Å². The number of benzene rings is 5. The molecule has 0 radical (unpaired) electrons. The number of nitrogens with zero attached hydrogens (tertiary/aromatic N) is 4. The summed E-state index contributed by atoms with van der Waals surface area (Å²) in [5.74, 6) is -3.88. The molecule has 0 aliphatic carbocycles. The van der Waals surface area contributed by atoms with E-state index in [9.17, 15) is 28.7 Å². The number of hydrogen-bond acceptors (Lipinski definition) is 10. The number of fused-ring (bicyclic) bond motifs is 1. The number of esters is 2. The van der Waals surface area contributed by atoms with Crippen LogP contribution in [0.3, 0.4) is 0 Å². The van der Waals surface area contributed by atoms with E-state index in [1.54, 1.807) is 127 Å². The van der Waals surface area contributed by atoms with E-state index in [1.165, 1.54) is 12.1 Å². The van der Waals surface area contributed by atoms with Crippen LogP contribution in [0, 0.1) is 5.82 Å². The largest absolute Gasteiger partial charge is 0.476 e. The summed E-state index contributed by atoms with van der Waals surface area (Å²) in [5.41, 5.74) is 10.1. The number of aromatic nitrogens is 4. The summed E-state index contributed by atoms with van der Waals surface area (Å²) >= 11 is 23.9. The first-order valence-corrected chi connectivity index (χ1v) is 21.2. The zero-order valence-corrected chi connectivity index (χ0v) is 37.9. The van der Waals surface area contributed by atoms with E-state index in [-0.39, 0.29) is 36.9 Å². The average molecular weight is 993 g/mol. The molecular weight excluding hydrogens is 953 g/mol. The number of rotatable bonds is 11. The first-order chi connectivity index (χ1) is 32.2. The molecule has 3 heterocycles. The molecule has 4 N–H and O–H groups in total. The van der Waals surface area contributed by atoms with Crippen LogP contribution < -0.4 is 11.1 Å². The molecule has 0 spiro atoms. The summed E-state index contributed by atoms with van der Waals surface area (Å²) in [6.07, 6.45) is 4.81. The van der Waals surface area contributed by atoms with Crippen molar-refractivity contribution in [2.24, 2.45) is 5.73 Å². The Morgan fingerprint density at radius 3 is 1.31 bits per heavy atom. The van der Waals surface area contributed by atoms with Gasteiger partial charge in [0.15, 0.2) is 22.8 Å². The van der Waals surface area contributed by atoms with Crippen LogP contribution in [0.25, 0.3) is 45.0 Å². The predicted molar refractivity (Wildman–Crippen MR) is 264 cm³/mol. The van der Waals surface area contributed by atoms with Gasteiger partial charge in [-0.15, -0.1) is 0 Å². The van der Waals surface area contributed by atoms with Crippen molar-refractivity contribution >= 4 is 70.2 Å². The van der Waals surface area contributed by atoms with Crippen molar-refractivity contribution in [1.29, 1.82) is 0 Å². The molecule has 1 aliphatic heterocycles. The van der Waals surface area contributed by atoms with Crippen LogP contribution in [0.2, 0.25) is 20.1 Å². The zero-order valence-electron chi connectivity index (χ0n) is 34.9. The molecule has 2 aromatic heterocycles. The second-order valence-corrected chi connectivity index (χ2v) is 15.7. The fourth-order valence-electron chi connectivity index (χ4n) is 6.12. The molecule has 68 heavy (non-hydrogen) atoms. The number of ether oxygens (including phenoxy) is 1. The molecule has 7 aromatic rings. The fourth-order valence-corrected chi connectivity index (χ4v) is 6.62. The third-order valence-corrected chi connectivity index (χ3v) is 10.5. The molecule has 344 valence electrons. The van der Waals surface area contributed by atoms with Crippen molar-refractivity contribution in [1.82, 2.24) is 25.3 Å². The minimum atomic E-state index is -1.38. The molecule has 5 aromatic carbocycles. The maximum atomic E-state index is 12.9. The minimum Gasteiger partial charge on any atom is -0.476 e. The molecular formula is C51H39Cl4FN6O6. The number of amides is 1. The highest BCUT2D eigenvalue weighted by molar-refractivity contribution is 6.31. The van der Waals surface area contributed by atoms with Crippen molar-refractivity contribution in [3.05, 3.63) is 213 Å². The van der Waals surface area contributed by atoms with Gasteiger partial charge < -0.3 is 20.9 Å². The number of carbonyl (C=O) groups is 4. The number of hydrogen-bond donors (Lipinski definition) is 3. The first-order valence-electron chi connectivity index (χ1n) is 19.7. The molecule has 0 fully saturated rings. The highest BCUT2D eigenvalue weighted by Gasteiger charge is 2.35. The monoisotopic (exact) mass is 990 g/mol. The lowest BCUT2D eigenvalue weighted by Crippen LogP contribution is -2.29. The quantitative estimate of drug-likeness (QED) is 0.0636. The van der Waals surface area contributed by atoms with Gasteiger partial charge in [0.05, 0.1) is 22.8 Å². The summed E-state index contributed by atoms with van der Waals surface area (Å²) in [6, 6.07) is 33.6. The van der Waals surface area contributed by atoms with E-state index in [2.05, 4.69) is 43.1 Å². The minimum absolute atomic E-state index is 0. The standard InChI is InChI=1S/C25H19Cl2N3O3.C18H8Cl2N2O3.C7H8FN.CH4/c1-3-5-15(4-2)14-28-24(31)22-23(25(32)33)30-21(17-8-12-19(27)13-9-17)20(29-22)16-6-10-18(26)11-7-16;19-11-5-1-9(2-6-11)13-14(10-3-7-12(20)8-4-10)22-16-15(21-13)17(23)25-18(16)24;8-7-3-1-6(5-9)2-4-7;/h3-13H,1-2,14H2,(H,28,31)(H,32,33);1-8H;1-4H,5,9H2;1H4/b15-5+;;;. The molecule has 1 amide bonds. The van der Waals surface area contributed by atoms with E-state index in [4.69, 9.17) is 52.1 Å². The highest BCUT2D eigenvalue weighted by Crippen LogP contribution is 2.34. The van der Waals surface area contributed by atoms with Gasteiger partial charge in [0.2, 0.25) is 0 Å². The summed E-state index contributed by atoms with van der Waals surface area (Å²) in [4.78, 5) is 66.0. The highest BCUT2D eigenvalue weighted by atomic mass is 35.5. The van der Waals surface area contributed by atoms with E-state index in [1.807, 2.05) is 0 Å². The number of nitrogens with two attached hydrogens (primary N) is 1. The number of cyclic esters (lactones) is 2. The average Bonchev–Trinajstić information content (AvgIpc) is 3.62. The number of carboxylic acid groups (broad SMARTS) is 1. The molecule has 8 rings (SSSR count). The lowest BCUT2D eigenvalue weighted by Gasteiger charge is -2.14. The topological polar surface area (TPSA) is 187 Å². The van der Waals surface area contributed by atoms with Crippen LogP contribution in [0.15, 0.2) is 158 Å². The smallest absolute Gasteiger partial charge is 0.367 e. The number of aromatic carboxylic acids is 1. The fraction of sp³-hybridized carbons (Fsp3) is 0.0588. The Kier molecular flexibility index (Phi) is 18.1. The Labute approximate surface area is 410 Å². The van der Waals surface area contributed by atoms with Gasteiger partial charge in [-0.1, -0.05) is 146 Å². The van der Waals surface area contributed by atoms with Crippen molar-refractivity contribution in [3.63, 3.8) is 0 Å². The van der Waals surface area contributed by atoms with Gasteiger partial charge in [-0.05, 0) is 71.8 Å². The molecule has 17 heteroatoms. The maximum Gasteiger partial charge on any atom is 0.367 e. The molecule has 12 nitrogen and oxygen atoms in total. The Morgan fingerprint density at radius 1 is 0.603 bits per heavy atom. The van der Waals surface area contributed by atoms with E-state index < -0.39 is 29.5 Å². The molecule has 0 bridgehead atoms. The second-order valence-electron chi connectivity index (χ2n) is 13.9.